The first kappa shape index (κ1) is 15.3. The number of carbonyl (C=O) groups excluding carboxylic acids is 1. The van der Waals surface area contributed by atoms with Crippen LogP contribution in [0.25, 0.3) is 0 Å². The van der Waals surface area contributed by atoms with Crippen LogP contribution in [-0.4, -0.2) is 31.6 Å². The highest BCUT2D eigenvalue weighted by Crippen LogP contribution is 2.58. The van der Waals surface area contributed by atoms with E-state index in [2.05, 4.69) is 4.99 Å². The Morgan fingerprint density at radius 1 is 1.26 bits per heavy atom. The first-order chi connectivity index (χ1) is 11.1. The van der Waals surface area contributed by atoms with Crippen LogP contribution in [0, 0.1) is 0 Å². The van der Waals surface area contributed by atoms with Gasteiger partial charge in [0.2, 0.25) is 5.90 Å². The Labute approximate surface area is 135 Å². The number of hydrogen-bond donors (Lipinski definition) is 0. The van der Waals surface area contributed by atoms with Crippen LogP contribution in [-0.2, 0) is 9.53 Å². The van der Waals surface area contributed by atoms with Crippen molar-refractivity contribution in [2.24, 2.45) is 4.99 Å². The third-order valence-electron chi connectivity index (χ3n) is 4.14. The Bertz CT molecular complexity index is 720. The third-order valence-corrected chi connectivity index (χ3v) is 4.14. The van der Waals surface area contributed by atoms with Crippen LogP contribution in [0.4, 0.5) is 0 Å². The molecule has 1 saturated carbocycles. The SMILES string of the molecule is C/C=C/C=C/C1=N[C@@]2(C[C@H]2c2ccc(OC)c(OC)c2)C(=O)O1. The normalized spacial score (nSPS) is 26.0. The van der Waals surface area contributed by atoms with Crippen LogP contribution in [0.15, 0.2) is 47.5 Å². The van der Waals surface area contributed by atoms with Gasteiger partial charge in [-0.15, -0.1) is 0 Å². The number of allylic oxidation sites excluding steroid dienone is 3. The standard InChI is InChI=1S/C18H19NO4/c1-4-5-6-7-16-19-18(17(20)23-16)11-13(18)12-8-9-14(21-2)15(10-12)22-3/h4-10,13H,11H2,1-3H3/b5-4+,7-6+/t13-,18+/m0/s1. The largest absolute Gasteiger partial charge is 0.493 e. The van der Waals surface area contributed by atoms with Crippen molar-refractivity contribution in [1.82, 2.24) is 0 Å². The molecule has 1 aromatic carbocycles. The van der Waals surface area contributed by atoms with Crippen LogP contribution in [0.1, 0.15) is 24.8 Å². The van der Waals surface area contributed by atoms with Gasteiger partial charge in [0, 0.05) is 12.0 Å². The summed E-state index contributed by atoms with van der Waals surface area (Å²) >= 11 is 0. The van der Waals surface area contributed by atoms with Gasteiger partial charge >= 0.3 is 5.97 Å². The molecule has 1 spiro atoms. The number of cyclic esters (lactones) is 1. The molecule has 1 heterocycles. The van der Waals surface area contributed by atoms with Crippen LogP contribution >= 0.6 is 0 Å². The molecule has 23 heavy (non-hydrogen) atoms. The molecule has 0 amide bonds. The van der Waals surface area contributed by atoms with Gasteiger partial charge in [-0.1, -0.05) is 24.3 Å². The fraction of sp³-hybridized carbons (Fsp3) is 0.333. The molecule has 0 radical (unpaired) electrons. The summed E-state index contributed by atoms with van der Waals surface area (Å²) in [6, 6.07) is 5.68. The van der Waals surface area contributed by atoms with Crippen molar-refractivity contribution in [3.8, 4) is 11.5 Å². The molecule has 0 aromatic heterocycles. The van der Waals surface area contributed by atoms with Gasteiger partial charge in [0.1, 0.15) is 0 Å². The van der Waals surface area contributed by atoms with Gasteiger partial charge in [0.05, 0.1) is 14.2 Å². The summed E-state index contributed by atoms with van der Waals surface area (Å²) < 4.78 is 15.8. The van der Waals surface area contributed by atoms with Crippen LogP contribution in [0.2, 0.25) is 0 Å². The second kappa shape index (κ2) is 5.91. The summed E-state index contributed by atoms with van der Waals surface area (Å²) in [7, 11) is 3.19. The first-order valence-corrected chi connectivity index (χ1v) is 7.48. The molecule has 5 nitrogen and oxygen atoms in total. The van der Waals surface area contributed by atoms with E-state index in [0.29, 0.717) is 23.8 Å². The van der Waals surface area contributed by atoms with Crippen molar-refractivity contribution < 1.29 is 19.0 Å². The van der Waals surface area contributed by atoms with Gasteiger partial charge in [0.15, 0.2) is 17.0 Å². The summed E-state index contributed by atoms with van der Waals surface area (Å²) in [4.78, 5) is 16.7. The van der Waals surface area contributed by atoms with Gasteiger partial charge in [0.25, 0.3) is 0 Å². The molecule has 2 aliphatic rings. The van der Waals surface area contributed by atoms with Crippen molar-refractivity contribution in [1.29, 1.82) is 0 Å². The molecule has 1 aliphatic heterocycles. The lowest BCUT2D eigenvalue weighted by atomic mass is 10.1. The van der Waals surface area contributed by atoms with E-state index in [1.165, 1.54) is 0 Å². The van der Waals surface area contributed by atoms with Crippen LogP contribution < -0.4 is 9.47 Å². The lowest BCUT2D eigenvalue weighted by Crippen LogP contribution is -2.18. The predicted molar refractivity (Wildman–Crippen MR) is 87.1 cm³/mol. The van der Waals surface area contributed by atoms with Crippen molar-refractivity contribution in [3.63, 3.8) is 0 Å². The number of aliphatic imine (C=N–C) groups is 1. The summed E-state index contributed by atoms with van der Waals surface area (Å²) in [5.41, 5.74) is 0.233. The van der Waals surface area contributed by atoms with Gasteiger partial charge in [-0.25, -0.2) is 9.79 Å². The minimum Gasteiger partial charge on any atom is -0.493 e. The second-order valence-corrected chi connectivity index (χ2v) is 5.52. The molecule has 0 bridgehead atoms. The van der Waals surface area contributed by atoms with E-state index >= 15 is 0 Å². The maximum atomic E-state index is 12.2. The number of ether oxygens (including phenoxy) is 3. The van der Waals surface area contributed by atoms with E-state index in [1.807, 2.05) is 37.3 Å². The predicted octanol–water partition coefficient (Wildman–Crippen LogP) is 3.02. The Balaban J connectivity index is 1.84. The van der Waals surface area contributed by atoms with E-state index < -0.39 is 5.54 Å². The fourth-order valence-electron chi connectivity index (χ4n) is 2.83. The lowest BCUT2D eigenvalue weighted by molar-refractivity contribution is -0.135. The van der Waals surface area contributed by atoms with Crippen molar-refractivity contribution in [2.45, 2.75) is 24.8 Å². The summed E-state index contributed by atoms with van der Waals surface area (Å²) in [6.07, 6.45) is 7.92. The van der Waals surface area contributed by atoms with E-state index in [4.69, 9.17) is 14.2 Å². The summed E-state index contributed by atoms with van der Waals surface area (Å²) in [5.74, 6) is 1.42. The molecular weight excluding hydrogens is 294 g/mol. The number of nitrogens with zero attached hydrogens (tertiary/aromatic N) is 1. The van der Waals surface area contributed by atoms with Gasteiger partial charge in [-0.3, -0.25) is 0 Å². The topological polar surface area (TPSA) is 57.1 Å². The molecule has 1 aromatic rings. The van der Waals surface area contributed by atoms with E-state index in [9.17, 15) is 4.79 Å². The number of benzene rings is 1. The van der Waals surface area contributed by atoms with Gasteiger partial charge < -0.3 is 14.2 Å². The van der Waals surface area contributed by atoms with Crippen LogP contribution in [0.3, 0.4) is 0 Å². The molecule has 0 saturated heterocycles. The van der Waals surface area contributed by atoms with Crippen LogP contribution in [0.5, 0.6) is 11.5 Å². The molecule has 3 rings (SSSR count). The second-order valence-electron chi connectivity index (χ2n) is 5.52. The maximum absolute atomic E-state index is 12.2. The quantitative estimate of drug-likeness (QED) is 0.619. The molecule has 2 atom stereocenters. The molecule has 0 unspecified atom stereocenters. The summed E-state index contributed by atoms with van der Waals surface area (Å²) in [6.45, 7) is 1.92. The zero-order valence-electron chi connectivity index (χ0n) is 13.4. The van der Waals surface area contributed by atoms with Crippen molar-refractivity contribution in [3.05, 3.63) is 48.1 Å². The number of carbonyl (C=O) groups is 1. The third kappa shape index (κ3) is 2.63. The van der Waals surface area contributed by atoms with Crippen molar-refractivity contribution >= 4 is 11.9 Å². The highest BCUT2D eigenvalue weighted by atomic mass is 16.6. The Kier molecular flexibility index (Phi) is 3.94. The minimum absolute atomic E-state index is 0.0161. The highest BCUT2D eigenvalue weighted by Gasteiger charge is 2.65. The molecule has 1 aliphatic carbocycles. The molecule has 1 fully saturated rings. The molecule has 120 valence electrons. The zero-order valence-corrected chi connectivity index (χ0v) is 13.4. The lowest BCUT2D eigenvalue weighted by Gasteiger charge is -2.10. The number of methoxy groups -OCH3 is 2. The highest BCUT2D eigenvalue weighted by molar-refractivity contribution is 6.07. The maximum Gasteiger partial charge on any atom is 0.341 e. The smallest absolute Gasteiger partial charge is 0.341 e. The Hall–Kier alpha value is -2.56. The number of esters is 1. The Morgan fingerprint density at radius 2 is 2.04 bits per heavy atom. The number of hydrogen-bond acceptors (Lipinski definition) is 5. The van der Waals surface area contributed by atoms with E-state index in [0.717, 1.165) is 5.56 Å². The Morgan fingerprint density at radius 3 is 2.74 bits per heavy atom. The zero-order chi connectivity index (χ0) is 16.4. The van der Waals surface area contributed by atoms with Crippen molar-refractivity contribution in [2.75, 3.05) is 14.2 Å². The van der Waals surface area contributed by atoms with Gasteiger partial charge in [-0.05, 0) is 31.0 Å². The first-order valence-electron chi connectivity index (χ1n) is 7.48. The molecule has 5 heteroatoms. The monoisotopic (exact) mass is 313 g/mol. The average molecular weight is 313 g/mol. The molecular formula is C18H19NO4. The fourth-order valence-corrected chi connectivity index (χ4v) is 2.83. The van der Waals surface area contributed by atoms with E-state index in [1.54, 1.807) is 26.4 Å². The number of rotatable bonds is 5. The van der Waals surface area contributed by atoms with E-state index in [-0.39, 0.29) is 11.9 Å². The van der Waals surface area contributed by atoms with Gasteiger partial charge in [-0.2, -0.15) is 0 Å². The molecule has 0 N–H and O–H groups in total. The average Bonchev–Trinajstić information content (AvgIpc) is 3.20. The minimum atomic E-state index is -0.769. The summed E-state index contributed by atoms with van der Waals surface area (Å²) in [5, 5.41) is 0.